The fraction of sp³-hybridized carbons (Fsp3) is 0. The smallest absolute Gasteiger partial charge is 0.264 e. The largest absolute Gasteiger partial charge is 0.506 e. The number of phenolic OH excluding ortho intramolecular Hbond substituents is 1. The van der Waals surface area contributed by atoms with Gasteiger partial charge < -0.3 is 10.4 Å². The lowest BCUT2D eigenvalue weighted by Gasteiger charge is -1.98. The van der Waals surface area contributed by atoms with E-state index < -0.39 is 0 Å². The van der Waals surface area contributed by atoms with Gasteiger partial charge in [-0.3, -0.25) is 4.79 Å². The number of benzene rings is 2. The van der Waals surface area contributed by atoms with Crippen molar-refractivity contribution in [2.75, 3.05) is 0 Å². The molecule has 2 aromatic rings. The number of aliphatic imine (C=N–C) groups is 1. The fourth-order valence-corrected chi connectivity index (χ4v) is 2.96. The monoisotopic (exact) mass is 374 g/mol. The van der Waals surface area contributed by atoms with Crippen LogP contribution in [0.5, 0.6) is 5.75 Å². The van der Waals surface area contributed by atoms with E-state index in [1.54, 1.807) is 30.3 Å². The minimum atomic E-state index is -0.193. The topological polar surface area (TPSA) is 61.7 Å². The summed E-state index contributed by atoms with van der Waals surface area (Å²) in [6.07, 6.45) is 1.81. The minimum absolute atomic E-state index is 0.0789. The zero-order valence-corrected chi connectivity index (χ0v) is 13.7. The van der Waals surface area contributed by atoms with Crippen molar-refractivity contribution in [2.24, 2.45) is 4.99 Å². The van der Waals surface area contributed by atoms with Gasteiger partial charge in [-0.05, 0) is 47.7 Å². The van der Waals surface area contributed by atoms with E-state index in [1.807, 2.05) is 24.3 Å². The Morgan fingerprint density at radius 1 is 1.14 bits per heavy atom. The van der Waals surface area contributed by atoms with Crippen molar-refractivity contribution < 1.29 is 9.90 Å². The van der Waals surface area contributed by atoms with Gasteiger partial charge >= 0.3 is 0 Å². The number of thioether (sulfide) groups is 1. The maximum atomic E-state index is 12.0. The highest BCUT2D eigenvalue weighted by Gasteiger charge is 2.24. The number of amidine groups is 1. The molecule has 0 spiro atoms. The molecule has 0 unspecified atom stereocenters. The number of rotatable bonds is 2. The summed E-state index contributed by atoms with van der Waals surface area (Å²) in [6, 6.07) is 14.4. The standard InChI is InChI=1S/C16H11BrN2O2S/c17-11-7-5-10(6-8-11)9-14-15(21)19-16(22-14)18-12-3-1-2-4-13(12)20/h1-9,20H,(H,18,19,21)/b14-9+. The highest BCUT2D eigenvalue weighted by atomic mass is 79.9. The third-order valence-electron chi connectivity index (χ3n) is 2.92. The van der Waals surface area contributed by atoms with Gasteiger partial charge in [0, 0.05) is 4.47 Å². The first-order valence-corrected chi connectivity index (χ1v) is 8.06. The van der Waals surface area contributed by atoms with Crippen LogP contribution in [0, 0.1) is 0 Å². The summed E-state index contributed by atoms with van der Waals surface area (Å²) < 4.78 is 0.986. The van der Waals surface area contributed by atoms with Crippen LogP contribution in [0.25, 0.3) is 6.08 Å². The van der Waals surface area contributed by atoms with Crippen LogP contribution in [0.15, 0.2) is 62.9 Å². The van der Waals surface area contributed by atoms with E-state index in [-0.39, 0.29) is 11.7 Å². The van der Waals surface area contributed by atoms with Crippen LogP contribution in [-0.2, 0) is 4.79 Å². The van der Waals surface area contributed by atoms with Crippen LogP contribution < -0.4 is 5.32 Å². The van der Waals surface area contributed by atoms with E-state index in [1.165, 1.54) is 11.8 Å². The Labute approximate surface area is 140 Å². The Morgan fingerprint density at radius 3 is 2.59 bits per heavy atom. The van der Waals surface area contributed by atoms with Crippen molar-refractivity contribution in [3.05, 3.63) is 63.5 Å². The molecular formula is C16H11BrN2O2S. The molecule has 22 heavy (non-hydrogen) atoms. The molecule has 110 valence electrons. The molecule has 0 aliphatic carbocycles. The van der Waals surface area contributed by atoms with Gasteiger partial charge in [0.1, 0.15) is 11.4 Å². The first kappa shape index (κ1) is 14.9. The van der Waals surface area contributed by atoms with E-state index in [2.05, 4.69) is 26.2 Å². The fourth-order valence-electron chi connectivity index (χ4n) is 1.86. The lowest BCUT2D eigenvalue weighted by atomic mass is 10.2. The average Bonchev–Trinajstić information content (AvgIpc) is 2.84. The van der Waals surface area contributed by atoms with E-state index in [4.69, 9.17) is 0 Å². The molecule has 0 bridgehead atoms. The van der Waals surface area contributed by atoms with Crippen molar-refractivity contribution >= 4 is 50.5 Å². The highest BCUT2D eigenvalue weighted by Crippen LogP contribution is 2.31. The van der Waals surface area contributed by atoms with Gasteiger partial charge in [0.05, 0.1) is 4.91 Å². The molecule has 1 aliphatic rings. The molecule has 2 aromatic carbocycles. The number of para-hydroxylation sites is 2. The predicted molar refractivity (Wildman–Crippen MR) is 93.1 cm³/mol. The predicted octanol–water partition coefficient (Wildman–Crippen LogP) is 4.05. The van der Waals surface area contributed by atoms with Crippen LogP contribution in [0.1, 0.15) is 5.56 Å². The van der Waals surface area contributed by atoms with Crippen molar-refractivity contribution in [2.45, 2.75) is 0 Å². The summed E-state index contributed by atoms with van der Waals surface area (Å²) in [4.78, 5) is 16.8. The molecule has 1 amide bonds. The normalized spacial score (nSPS) is 18.0. The molecule has 3 rings (SSSR count). The van der Waals surface area contributed by atoms with Crippen LogP contribution in [0.4, 0.5) is 5.69 Å². The Morgan fingerprint density at radius 2 is 1.86 bits per heavy atom. The lowest BCUT2D eigenvalue weighted by Crippen LogP contribution is -2.19. The number of carbonyl (C=O) groups excluding carboxylic acids is 1. The van der Waals surface area contributed by atoms with Gasteiger partial charge in [0.25, 0.3) is 5.91 Å². The summed E-state index contributed by atoms with van der Waals surface area (Å²) in [7, 11) is 0. The Bertz CT molecular complexity index is 785. The van der Waals surface area contributed by atoms with Gasteiger partial charge in [-0.1, -0.05) is 40.2 Å². The summed E-state index contributed by atoms with van der Waals surface area (Å²) in [5.74, 6) is -0.114. The second kappa shape index (κ2) is 6.37. The summed E-state index contributed by atoms with van der Waals surface area (Å²) >= 11 is 4.62. The number of nitrogens with zero attached hydrogens (tertiary/aromatic N) is 1. The molecule has 4 nitrogen and oxygen atoms in total. The molecule has 6 heteroatoms. The summed E-state index contributed by atoms with van der Waals surface area (Å²) in [5, 5.41) is 12.9. The van der Waals surface area contributed by atoms with Gasteiger partial charge in [0.2, 0.25) is 0 Å². The molecule has 0 atom stereocenters. The Balaban J connectivity index is 1.84. The number of amides is 1. The average molecular weight is 375 g/mol. The molecular weight excluding hydrogens is 364 g/mol. The molecule has 1 heterocycles. The van der Waals surface area contributed by atoms with Gasteiger partial charge in [-0.25, -0.2) is 4.99 Å². The second-order valence-corrected chi connectivity index (χ2v) is 6.47. The Hall–Kier alpha value is -2.05. The zero-order chi connectivity index (χ0) is 15.5. The zero-order valence-electron chi connectivity index (χ0n) is 11.3. The van der Waals surface area contributed by atoms with Crippen LogP contribution in [-0.4, -0.2) is 16.2 Å². The van der Waals surface area contributed by atoms with E-state index in [9.17, 15) is 9.90 Å². The number of nitrogens with one attached hydrogen (secondary N) is 1. The number of phenols is 1. The number of hydrogen-bond acceptors (Lipinski definition) is 4. The number of halogens is 1. The van der Waals surface area contributed by atoms with Crippen molar-refractivity contribution in [1.29, 1.82) is 0 Å². The van der Waals surface area contributed by atoms with Crippen LogP contribution in [0.2, 0.25) is 0 Å². The lowest BCUT2D eigenvalue weighted by molar-refractivity contribution is -0.115. The minimum Gasteiger partial charge on any atom is -0.506 e. The third kappa shape index (κ3) is 3.40. The van der Waals surface area contributed by atoms with Crippen molar-refractivity contribution in [3.63, 3.8) is 0 Å². The molecule has 0 saturated carbocycles. The van der Waals surface area contributed by atoms with Crippen LogP contribution >= 0.6 is 27.7 Å². The first-order valence-electron chi connectivity index (χ1n) is 6.45. The molecule has 1 aliphatic heterocycles. The third-order valence-corrected chi connectivity index (χ3v) is 4.36. The quantitative estimate of drug-likeness (QED) is 0.779. The second-order valence-electron chi connectivity index (χ2n) is 4.52. The van der Waals surface area contributed by atoms with Gasteiger partial charge in [-0.2, -0.15) is 0 Å². The summed E-state index contributed by atoms with van der Waals surface area (Å²) in [6.45, 7) is 0. The molecule has 0 radical (unpaired) electrons. The van der Waals surface area contributed by atoms with Crippen LogP contribution in [0.3, 0.4) is 0 Å². The van der Waals surface area contributed by atoms with E-state index in [0.29, 0.717) is 15.8 Å². The van der Waals surface area contributed by atoms with Crippen molar-refractivity contribution in [3.8, 4) is 5.75 Å². The van der Waals surface area contributed by atoms with E-state index >= 15 is 0 Å². The molecule has 1 saturated heterocycles. The van der Waals surface area contributed by atoms with Crippen molar-refractivity contribution in [1.82, 2.24) is 5.32 Å². The summed E-state index contributed by atoms with van der Waals surface area (Å²) in [5.41, 5.74) is 1.36. The maximum absolute atomic E-state index is 12.0. The highest BCUT2D eigenvalue weighted by molar-refractivity contribution is 9.10. The molecule has 1 fully saturated rings. The molecule has 0 aromatic heterocycles. The number of aromatic hydroxyl groups is 1. The first-order chi connectivity index (χ1) is 10.6. The van der Waals surface area contributed by atoms with E-state index in [0.717, 1.165) is 10.0 Å². The SMILES string of the molecule is O=C1NC(=Nc2ccccc2O)S/C1=C/c1ccc(Br)cc1. The van der Waals surface area contributed by atoms with Gasteiger partial charge in [-0.15, -0.1) is 0 Å². The Kier molecular flexibility index (Phi) is 4.31. The maximum Gasteiger partial charge on any atom is 0.264 e. The van der Waals surface area contributed by atoms with Gasteiger partial charge in [0.15, 0.2) is 5.17 Å². The number of carbonyl (C=O) groups is 1. The number of hydrogen-bond donors (Lipinski definition) is 2. The molecule has 2 N–H and O–H groups in total.